The third kappa shape index (κ3) is 2.08. The van der Waals surface area contributed by atoms with Crippen molar-refractivity contribution in [3.8, 4) is 0 Å². The Balaban J connectivity index is 2.71. The Hall–Kier alpha value is -1.32. The lowest BCUT2D eigenvalue weighted by Gasteiger charge is -2.13. The van der Waals surface area contributed by atoms with Gasteiger partial charge in [-0.2, -0.15) is 0 Å². The number of hydrogen-bond donors (Lipinski definition) is 2. The van der Waals surface area contributed by atoms with Crippen LogP contribution < -0.4 is 5.32 Å². The number of aliphatic carboxylic acids is 1. The minimum atomic E-state index is -0.937. The number of carboxylic acid groups (broad SMARTS) is 1. The van der Waals surface area contributed by atoms with Gasteiger partial charge >= 0.3 is 5.97 Å². The molecule has 1 rings (SSSR count). The van der Waals surface area contributed by atoms with Crippen LogP contribution in [0.2, 0.25) is 0 Å². The molecule has 1 fully saturated rings. The maximum absolute atomic E-state index is 11.2. The van der Waals surface area contributed by atoms with Crippen molar-refractivity contribution in [1.82, 2.24) is 5.32 Å². The van der Waals surface area contributed by atoms with E-state index in [2.05, 4.69) is 11.9 Å². The predicted molar refractivity (Wildman–Crippen MR) is 47.1 cm³/mol. The van der Waals surface area contributed by atoms with Gasteiger partial charge in [0.25, 0.3) is 0 Å². The van der Waals surface area contributed by atoms with Crippen LogP contribution in [0.1, 0.15) is 13.3 Å². The van der Waals surface area contributed by atoms with E-state index >= 15 is 0 Å². The fraction of sp³-hybridized carbons (Fsp3) is 0.556. The first-order chi connectivity index (χ1) is 6.02. The van der Waals surface area contributed by atoms with Crippen LogP contribution in [0.25, 0.3) is 0 Å². The summed E-state index contributed by atoms with van der Waals surface area (Å²) in [5.41, 5.74) is 0.865. The molecule has 0 spiro atoms. The van der Waals surface area contributed by atoms with E-state index in [0.29, 0.717) is 6.54 Å². The molecule has 13 heavy (non-hydrogen) atoms. The van der Waals surface area contributed by atoms with Crippen molar-refractivity contribution in [1.29, 1.82) is 0 Å². The Morgan fingerprint density at radius 2 is 2.38 bits per heavy atom. The second kappa shape index (κ2) is 3.60. The molecule has 0 aliphatic carbocycles. The molecule has 0 aromatic carbocycles. The number of amides is 1. The lowest BCUT2D eigenvalue weighted by Crippen LogP contribution is -2.22. The summed E-state index contributed by atoms with van der Waals surface area (Å²) in [6.45, 7) is 6.08. The van der Waals surface area contributed by atoms with Crippen LogP contribution in [0.15, 0.2) is 12.2 Å². The lowest BCUT2D eigenvalue weighted by molar-refractivity contribution is -0.140. The SMILES string of the molecule is C=C(C)C1CNC(=O)C1CC(=O)O. The normalized spacial score (nSPS) is 27.0. The van der Waals surface area contributed by atoms with Gasteiger partial charge in [0.1, 0.15) is 0 Å². The molecule has 2 unspecified atom stereocenters. The number of rotatable bonds is 3. The highest BCUT2D eigenvalue weighted by Gasteiger charge is 2.36. The van der Waals surface area contributed by atoms with E-state index in [0.717, 1.165) is 5.57 Å². The summed E-state index contributed by atoms with van der Waals surface area (Å²) in [4.78, 5) is 21.7. The van der Waals surface area contributed by atoms with Crippen molar-refractivity contribution in [3.05, 3.63) is 12.2 Å². The Morgan fingerprint density at radius 1 is 1.77 bits per heavy atom. The first-order valence-corrected chi connectivity index (χ1v) is 4.17. The molecular formula is C9H13NO3. The lowest BCUT2D eigenvalue weighted by atomic mass is 9.88. The third-order valence-corrected chi connectivity index (χ3v) is 2.35. The molecule has 4 heteroatoms. The van der Waals surface area contributed by atoms with Crippen LogP contribution >= 0.6 is 0 Å². The number of carbonyl (C=O) groups excluding carboxylic acids is 1. The topological polar surface area (TPSA) is 66.4 Å². The molecule has 0 saturated carbocycles. The summed E-state index contributed by atoms with van der Waals surface area (Å²) in [6, 6.07) is 0. The zero-order valence-corrected chi connectivity index (χ0v) is 7.54. The van der Waals surface area contributed by atoms with Crippen LogP contribution in [0.4, 0.5) is 0 Å². The van der Waals surface area contributed by atoms with Crippen molar-refractivity contribution < 1.29 is 14.7 Å². The molecule has 1 aliphatic rings. The number of carboxylic acids is 1. The molecule has 0 aromatic heterocycles. The Morgan fingerprint density at radius 3 is 2.85 bits per heavy atom. The molecular weight excluding hydrogens is 170 g/mol. The van der Waals surface area contributed by atoms with E-state index < -0.39 is 11.9 Å². The number of hydrogen-bond acceptors (Lipinski definition) is 2. The van der Waals surface area contributed by atoms with Gasteiger partial charge in [-0.3, -0.25) is 9.59 Å². The smallest absolute Gasteiger partial charge is 0.304 e. The zero-order valence-electron chi connectivity index (χ0n) is 7.54. The van der Waals surface area contributed by atoms with Crippen LogP contribution in [0, 0.1) is 11.8 Å². The molecule has 4 nitrogen and oxygen atoms in total. The summed E-state index contributed by atoms with van der Waals surface area (Å²) in [6.07, 6.45) is -0.108. The maximum Gasteiger partial charge on any atom is 0.304 e. The van der Waals surface area contributed by atoms with Gasteiger partial charge in [0.05, 0.1) is 12.3 Å². The van der Waals surface area contributed by atoms with Gasteiger partial charge in [0.15, 0.2) is 0 Å². The van der Waals surface area contributed by atoms with Crippen molar-refractivity contribution in [2.24, 2.45) is 11.8 Å². The quantitative estimate of drug-likeness (QED) is 0.622. The van der Waals surface area contributed by atoms with Gasteiger partial charge < -0.3 is 10.4 Å². The van der Waals surface area contributed by atoms with Crippen LogP contribution in [-0.2, 0) is 9.59 Å². The van der Waals surface area contributed by atoms with Gasteiger partial charge in [0, 0.05) is 12.5 Å². The van der Waals surface area contributed by atoms with Crippen LogP contribution in [0.3, 0.4) is 0 Å². The number of carbonyl (C=O) groups is 2. The molecule has 0 radical (unpaired) electrons. The maximum atomic E-state index is 11.2. The minimum Gasteiger partial charge on any atom is -0.481 e. The highest BCUT2D eigenvalue weighted by Crippen LogP contribution is 2.26. The van der Waals surface area contributed by atoms with Crippen molar-refractivity contribution in [2.45, 2.75) is 13.3 Å². The summed E-state index contributed by atoms with van der Waals surface area (Å²) in [5.74, 6) is -1.57. The largest absolute Gasteiger partial charge is 0.481 e. The Kier molecular flexibility index (Phi) is 2.70. The molecule has 2 N–H and O–H groups in total. The molecule has 1 heterocycles. The van der Waals surface area contributed by atoms with Crippen molar-refractivity contribution in [2.75, 3.05) is 6.54 Å². The Bertz CT molecular complexity index is 260. The summed E-state index contributed by atoms with van der Waals surface area (Å²) in [5, 5.41) is 11.2. The van der Waals surface area contributed by atoms with Crippen molar-refractivity contribution in [3.63, 3.8) is 0 Å². The van der Waals surface area contributed by atoms with Gasteiger partial charge in [-0.1, -0.05) is 12.2 Å². The Labute approximate surface area is 76.6 Å². The zero-order chi connectivity index (χ0) is 10.0. The third-order valence-electron chi connectivity index (χ3n) is 2.35. The van der Waals surface area contributed by atoms with Gasteiger partial charge in [0.2, 0.25) is 5.91 Å². The average molecular weight is 183 g/mol. The monoisotopic (exact) mass is 183 g/mol. The molecule has 1 saturated heterocycles. The summed E-state index contributed by atoms with van der Waals surface area (Å²) < 4.78 is 0. The van der Waals surface area contributed by atoms with E-state index in [1.807, 2.05) is 6.92 Å². The summed E-state index contributed by atoms with van der Waals surface area (Å²) in [7, 11) is 0. The second-order valence-electron chi connectivity index (χ2n) is 3.40. The number of nitrogens with one attached hydrogen (secondary N) is 1. The van der Waals surface area contributed by atoms with Crippen LogP contribution in [-0.4, -0.2) is 23.5 Å². The van der Waals surface area contributed by atoms with E-state index in [1.165, 1.54) is 0 Å². The van der Waals surface area contributed by atoms with Crippen molar-refractivity contribution >= 4 is 11.9 Å². The molecule has 2 atom stereocenters. The van der Waals surface area contributed by atoms with E-state index in [9.17, 15) is 9.59 Å². The molecule has 1 amide bonds. The van der Waals surface area contributed by atoms with Gasteiger partial charge in [-0.25, -0.2) is 0 Å². The highest BCUT2D eigenvalue weighted by molar-refractivity contribution is 5.85. The first-order valence-electron chi connectivity index (χ1n) is 4.17. The van der Waals surface area contributed by atoms with Gasteiger partial charge in [-0.15, -0.1) is 0 Å². The fourth-order valence-corrected chi connectivity index (χ4v) is 1.61. The van der Waals surface area contributed by atoms with E-state index in [4.69, 9.17) is 5.11 Å². The molecule has 0 aromatic rings. The van der Waals surface area contributed by atoms with E-state index in [-0.39, 0.29) is 18.2 Å². The molecule has 1 aliphatic heterocycles. The van der Waals surface area contributed by atoms with Gasteiger partial charge in [-0.05, 0) is 6.92 Å². The first kappa shape index (κ1) is 9.77. The van der Waals surface area contributed by atoms with E-state index in [1.54, 1.807) is 0 Å². The summed E-state index contributed by atoms with van der Waals surface area (Å²) >= 11 is 0. The highest BCUT2D eigenvalue weighted by atomic mass is 16.4. The standard InChI is InChI=1S/C9H13NO3/c1-5(2)7-4-10-9(13)6(7)3-8(11)12/h6-7H,1,3-4H2,2H3,(H,10,13)(H,11,12). The fourth-order valence-electron chi connectivity index (χ4n) is 1.61. The minimum absolute atomic E-state index is 0.0244. The molecule has 0 bridgehead atoms. The second-order valence-corrected chi connectivity index (χ2v) is 3.40. The van der Waals surface area contributed by atoms with Crippen LogP contribution in [0.5, 0.6) is 0 Å². The predicted octanol–water partition coefficient (Wildman–Crippen LogP) is 0.399. The molecule has 72 valence electrons. The average Bonchev–Trinajstić information content (AvgIpc) is 2.32.